The Kier molecular flexibility index (Phi) is 10.1. The normalized spacial score (nSPS) is 14.0. The number of benzene rings is 3. The first-order valence-electron chi connectivity index (χ1n) is 15.3. The summed E-state index contributed by atoms with van der Waals surface area (Å²) < 4.78 is 4.31. The first-order chi connectivity index (χ1) is 21.7. The summed E-state index contributed by atoms with van der Waals surface area (Å²) in [6.45, 7) is 4.19. The number of anilines is 2. The third-order valence-electron chi connectivity index (χ3n) is 8.05. The predicted octanol–water partition coefficient (Wildman–Crippen LogP) is 5.86. The van der Waals surface area contributed by atoms with Gasteiger partial charge in [0.1, 0.15) is 16.7 Å². The van der Waals surface area contributed by atoms with E-state index in [1.165, 1.54) is 17.0 Å². The van der Waals surface area contributed by atoms with Crippen molar-refractivity contribution in [1.29, 1.82) is 0 Å². The zero-order valence-corrected chi connectivity index (χ0v) is 26.4. The molecule has 0 unspecified atom stereocenters. The van der Waals surface area contributed by atoms with Crippen molar-refractivity contribution in [2.75, 3.05) is 17.2 Å². The molecule has 0 bridgehead atoms. The molecule has 45 heavy (non-hydrogen) atoms. The molecule has 9 nitrogen and oxygen atoms in total. The fraction of sp³-hybridized carbons (Fsp3) is 0.314. The third-order valence-corrected chi connectivity index (χ3v) is 8.90. The van der Waals surface area contributed by atoms with Crippen molar-refractivity contribution in [3.8, 4) is 5.75 Å². The standard InChI is InChI=1S/C35H39N5O4S/c1-22-19-23(2)21-27(20-22)40(35(44)32-29(36)30(39-45-32)33(42)38-26-11-7-4-8-12-26)31(25-13-15-28(41)16-14-25)34(43)37-18-17-24-9-5-3-6-10-24/h3,5-6,9-10,13-16,19-21,26,31,41H,4,7-8,11-12,17-18,36H2,1-2H3,(H,37,43)(H,38,42)/t31-/m0/s1. The summed E-state index contributed by atoms with van der Waals surface area (Å²) in [5, 5.41) is 16.1. The van der Waals surface area contributed by atoms with Crippen molar-refractivity contribution in [3.05, 3.63) is 106 Å². The van der Waals surface area contributed by atoms with Gasteiger partial charge in [0.05, 0.1) is 5.69 Å². The number of hydrogen-bond donors (Lipinski definition) is 4. The smallest absolute Gasteiger partial charge is 0.273 e. The quantitative estimate of drug-likeness (QED) is 0.174. The second kappa shape index (κ2) is 14.4. The van der Waals surface area contributed by atoms with Gasteiger partial charge in [-0.15, -0.1) is 0 Å². The highest BCUT2D eigenvalue weighted by Gasteiger charge is 2.36. The van der Waals surface area contributed by atoms with Crippen molar-refractivity contribution < 1.29 is 19.5 Å². The van der Waals surface area contributed by atoms with Crippen LogP contribution in [0.3, 0.4) is 0 Å². The van der Waals surface area contributed by atoms with Gasteiger partial charge in [0, 0.05) is 18.3 Å². The summed E-state index contributed by atoms with van der Waals surface area (Å²) in [5.41, 5.74) is 10.3. The number of carbonyl (C=O) groups excluding carboxylic acids is 3. The largest absolute Gasteiger partial charge is 0.508 e. The number of aryl methyl sites for hydroxylation is 2. The maximum atomic E-state index is 14.6. The molecule has 3 aromatic carbocycles. The molecule has 1 aromatic heterocycles. The Hall–Kier alpha value is -4.70. The molecule has 1 aliphatic rings. The van der Waals surface area contributed by atoms with Gasteiger partial charge in [-0.3, -0.25) is 19.3 Å². The van der Waals surface area contributed by atoms with Crippen LogP contribution in [0.5, 0.6) is 5.75 Å². The van der Waals surface area contributed by atoms with E-state index in [9.17, 15) is 19.5 Å². The molecule has 10 heteroatoms. The van der Waals surface area contributed by atoms with Crippen molar-refractivity contribution in [2.45, 2.75) is 64.5 Å². The number of aromatic nitrogens is 1. The third kappa shape index (κ3) is 7.69. The molecule has 0 radical (unpaired) electrons. The van der Waals surface area contributed by atoms with E-state index in [4.69, 9.17) is 5.73 Å². The molecule has 1 atom stereocenters. The summed E-state index contributed by atoms with van der Waals surface area (Å²) in [6, 6.07) is 20.6. The molecular weight excluding hydrogens is 586 g/mol. The molecule has 1 aliphatic carbocycles. The van der Waals surface area contributed by atoms with Crippen molar-refractivity contribution >= 4 is 40.6 Å². The topological polar surface area (TPSA) is 138 Å². The van der Waals surface area contributed by atoms with E-state index in [0.29, 0.717) is 24.2 Å². The van der Waals surface area contributed by atoms with E-state index in [0.717, 1.165) is 60.3 Å². The molecule has 3 amide bonds. The van der Waals surface area contributed by atoms with Crippen LogP contribution in [0.1, 0.15) is 80.6 Å². The van der Waals surface area contributed by atoms with Gasteiger partial charge in [-0.2, -0.15) is 4.37 Å². The lowest BCUT2D eigenvalue weighted by Crippen LogP contribution is -2.44. The van der Waals surface area contributed by atoms with E-state index >= 15 is 0 Å². The second-order valence-electron chi connectivity index (χ2n) is 11.6. The molecule has 5 N–H and O–H groups in total. The Bertz CT molecular complexity index is 1630. The molecular formula is C35H39N5O4S. The molecule has 5 rings (SSSR count). The van der Waals surface area contributed by atoms with Gasteiger partial charge in [-0.25, -0.2) is 0 Å². The van der Waals surface area contributed by atoms with Gasteiger partial charge >= 0.3 is 0 Å². The second-order valence-corrected chi connectivity index (χ2v) is 12.4. The van der Waals surface area contributed by atoms with Crippen LogP contribution in [0.2, 0.25) is 0 Å². The number of hydrogen-bond acceptors (Lipinski definition) is 7. The Labute approximate surface area is 267 Å². The maximum absolute atomic E-state index is 14.6. The van der Waals surface area contributed by atoms with Crippen LogP contribution >= 0.6 is 11.5 Å². The van der Waals surface area contributed by atoms with E-state index in [1.54, 1.807) is 12.1 Å². The Balaban J connectivity index is 1.51. The SMILES string of the molecule is Cc1cc(C)cc(N(C(=O)c2snc(C(=O)NC3CCCCC3)c2N)[C@H](C(=O)NCCc2ccccc2)c2ccc(O)cc2)c1. The van der Waals surface area contributed by atoms with Crippen LogP contribution in [-0.4, -0.2) is 39.8 Å². The van der Waals surface area contributed by atoms with Gasteiger partial charge in [-0.05, 0) is 91.2 Å². The molecule has 1 fully saturated rings. The highest BCUT2D eigenvalue weighted by Crippen LogP contribution is 2.35. The van der Waals surface area contributed by atoms with E-state index in [-0.39, 0.29) is 28.0 Å². The number of nitrogen functional groups attached to an aromatic ring is 1. The summed E-state index contributed by atoms with van der Waals surface area (Å²) in [4.78, 5) is 43.3. The first kappa shape index (κ1) is 31.7. The lowest BCUT2D eigenvalue weighted by molar-refractivity contribution is -0.122. The zero-order chi connectivity index (χ0) is 31.9. The summed E-state index contributed by atoms with van der Waals surface area (Å²) in [6.07, 6.45) is 5.66. The van der Waals surface area contributed by atoms with Crippen LogP contribution in [-0.2, 0) is 11.2 Å². The number of nitrogens with one attached hydrogen (secondary N) is 2. The minimum absolute atomic E-state index is 0.0124. The lowest BCUT2D eigenvalue weighted by Gasteiger charge is -2.32. The summed E-state index contributed by atoms with van der Waals surface area (Å²) in [5.74, 6) is -1.32. The average Bonchev–Trinajstić information content (AvgIpc) is 3.42. The fourth-order valence-corrected chi connectivity index (χ4v) is 6.58. The number of carbonyl (C=O) groups is 3. The molecule has 0 aliphatic heterocycles. The van der Waals surface area contributed by atoms with Crippen molar-refractivity contribution in [1.82, 2.24) is 15.0 Å². The molecule has 0 spiro atoms. The highest BCUT2D eigenvalue weighted by atomic mass is 32.1. The number of nitrogens with two attached hydrogens (primary N) is 1. The fourth-order valence-electron chi connectivity index (χ4n) is 5.84. The highest BCUT2D eigenvalue weighted by molar-refractivity contribution is 7.09. The van der Waals surface area contributed by atoms with Gasteiger partial charge in [0.2, 0.25) is 5.91 Å². The maximum Gasteiger partial charge on any atom is 0.273 e. The van der Waals surface area contributed by atoms with Gasteiger partial charge in [0.15, 0.2) is 5.69 Å². The van der Waals surface area contributed by atoms with Crippen LogP contribution in [0.25, 0.3) is 0 Å². The van der Waals surface area contributed by atoms with Gasteiger partial charge < -0.3 is 21.5 Å². The number of rotatable bonds is 10. The first-order valence-corrected chi connectivity index (χ1v) is 16.1. The molecule has 4 aromatic rings. The van der Waals surface area contributed by atoms with E-state index in [1.807, 2.05) is 62.4 Å². The van der Waals surface area contributed by atoms with Gasteiger partial charge in [-0.1, -0.05) is 67.8 Å². The van der Waals surface area contributed by atoms with Crippen LogP contribution < -0.4 is 21.3 Å². The Morgan fingerprint density at radius 3 is 2.31 bits per heavy atom. The number of aromatic hydroxyl groups is 1. The molecule has 0 saturated heterocycles. The van der Waals surface area contributed by atoms with Crippen LogP contribution in [0, 0.1) is 13.8 Å². The van der Waals surface area contributed by atoms with Crippen LogP contribution in [0.15, 0.2) is 72.8 Å². The number of nitrogens with zero attached hydrogens (tertiary/aromatic N) is 2. The summed E-state index contributed by atoms with van der Waals surface area (Å²) in [7, 11) is 0. The van der Waals surface area contributed by atoms with Crippen molar-refractivity contribution in [3.63, 3.8) is 0 Å². The molecule has 1 saturated carbocycles. The summed E-state index contributed by atoms with van der Waals surface area (Å²) >= 11 is 0.849. The molecule has 234 valence electrons. The average molecular weight is 626 g/mol. The van der Waals surface area contributed by atoms with Crippen LogP contribution in [0.4, 0.5) is 11.4 Å². The Morgan fingerprint density at radius 1 is 0.978 bits per heavy atom. The van der Waals surface area contributed by atoms with Crippen molar-refractivity contribution in [2.24, 2.45) is 0 Å². The zero-order valence-electron chi connectivity index (χ0n) is 25.6. The minimum atomic E-state index is -1.11. The minimum Gasteiger partial charge on any atom is -0.508 e. The molecule has 1 heterocycles. The monoisotopic (exact) mass is 625 g/mol. The lowest BCUT2D eigenvalue weighted by atomic mass is 9.95. The number of amides is 3. The number of phenols is 1. The predicted molar refractivity (Wildman–Crippen MR) is 178 cm³/mol. The van der Waals surface area contributed by atoms with Gasteiger partial charge in [0.25, 0.3) is 11.8 Å². The van der Waals surface area contributed by atoms with E-state index < -0.39 is 23.8 Å². The number of phenolic OH excluding ortho intramolecular Hbond substituents is 1. The van der Waals surface area contributed by atoms with E-state index in [2.05, 4.69) is 15.0 Å². The Morgan fingerprint density at radius 2 is 1.64 bits per heavy atom.